The van der Waals surface area contributed by atoms with E-state index in [2.05, 4.69) is 53.4 Å². The lowest BCUT2D eigenvalue weighted by molar-refractivity contribution is 0.491. The van der Waals surface area contributed by atoms with E-state index in [0.717, 1.165) is 64.7 Å². The summed E-state index contributed by atoms with van der Waals surface area (Å²) in [4.78, 5) is 4.93. The molecule has 6 nitrogen and oxygen atoms in total. The van der Waals surface area contributed by atoms with Crippen molar-refractivity contribution >= 4 is 21.8 Å². The van der Waals surface area contributed by atoms with Crippen LogP contribution in [-0.4, -0.2) is 32.4 Å². The summed E-state index contributed by atoms with van der Waals surface area (Å²) < 4.78 is 19.0. The van der Waals surface area contributed by atoms with Crippen LogP contribution in [0.4, 0.5) is 4.39 Å². The minimum absolute atomic E-state index is 0.0363. The van der Waals surface area contributed by atoms with Crippen LogP contribution in [0, 0.1) is 23.1 Å². The SMILES string of the molecule is CC(C)n1cc2cc(-c3ncc4c(ccn4C[C@@H]4CCNC4)c3-c3ccc(C#N)c(F)c3)ccc2n1. The number of pyridine rings is 1. The minimum Gasteiger partial charge on any atom is -0.346 e. The number of hydrogen-bond donors (Lipinski definition) is 1. The Bertz CT molecular complexity index is 1630. The van der Waals surface area contributed by atoms with Gasteiger partial charge in [-0.25, -0.2) is 4.39 Å². The van der Waals surface area contributed by atoms with E-state index in [0.29, 0.717) is 11.5 Å². The molecule has 5 aromatic rings. The van der Waals surface area contributed by atoms with Crippen molar-refractivity contribution in [3.8, 4) is 28.5 Å². The molecule has 4 heterocycles. The van der Waals surface area contributed by atoms with Crippen LogP contribution in [-0.2, 0) is 6.54 Å². The van der Waals surface area contributed by atoms with E-state index < -0.39 is 5.82 Å². The molecule has 1 saturated heterocycles. The maximum absolute atomic E-state index is 14.8. The Morgan fingerprint density at radius 1 is 1.17 bits per heavy atom. The summed E-state index contributed by atoms with van der Waals surface area (Å²) in [6.07, 6.45) is 7.24. The first-order chi connectivity index (χ1) is 17.5. The first-order valence-corrected chi connectivity index (χ1v) is 12.4. The standard InChI is InChI=1S/C29H27FN6/c1-18(2)36-17-23-11-21(5-6-26(23)34-36)29-28(20-3-4-22(13-31)25(30)12-20)24-8-10-35(27(24)15-33-29)16-19-7-9-32-14-19/h3-6,8,10-12,15,17-19,32H,7,9,14,16H2,1-2H3/t19-/m1/s1. The van der Waals surface area contributed by atoms with Crippen LogP contribution in [0.3, 0.4) is 0 Å². The van der Waals surface area contributed by atoms with Gasteiger partial charge in [0, 0.05) is 46.9 Å². The number of nitrogens with zero attached hydrogens (tertiary/aromatic N) is 5. The molecule has 0 saturated carbocycles. The van der Waals surface area contributed by atoms with Crippen molar-refractivity contribution in [2.75, 3.05) is 13.1 Å². The molecule has 7 heteroatoms. The third-order valence-corrected chi connectivity index (χ3v) is 7.15. The summed E-state index contributed by atoms with van der Waals surface area (Å²) in [7, 11) is 0. The van der Waals surface area contributed by atoms with Gasteiger partial charge in [0.25, 0.3) is 0 Å². The van der Waals surface area contributed by atoms with E-state index in [1.165, 1.54) is 6.07 Å². The fraction of sp³-hybridized carbons (Fsp3) is 0.276. The van der Waals surface area contributed by atoms with Gasteiger partial charge in [-0.15, -0.1) is 0 Å². The van der Waals surface area contributed by atoms with Gasteiger partial charge in [0.05, 0.1) is 28.5 Å². The largest absolute Gasteiger partial charge is 0.346 e. The van der Waals surface area contributed by atoms with Crippen molar-refractivity contribution < 1.29 is 4.39 Å². The summed E-state index contributed by atoms with van der Waals surface area (Å²) in [6.45, 7) is 7.19. The van der Waals surface area contributed by atoms with Gasteiger partial charge in [0.1, 0.15) is 11.9 Å². The zero-order chi connectivity index (χ0) is 24.8. The van der Waals surface area contributed by atoms with Crippen LogP contribution < -0.4 is 5.32 Å². The van der Waals surface area contributed by atoms with Gasteiger partial charge in [-0.1, -0.05) is 12.1 Å². The van der Waals surface area contributed by atoms with Crippen molar-refractivity contribution in [2.24, 2.45) is 5.92 Å². The quantitative estimate of drug-likeness (QED) is 0.340. The van der Waals surface area contributed by atoms with Gasteiger partial charge < -0.3 is 9.88 Å². The fourth-order valence-corrected chi connectivity index (χ4v) is 5.19. The van der Waals surface area contributed by atoms with Crippen molar-refractivity contribution in [1.82, 2.24) is 24.6 Å². The smallest absolute Gasteiger partial charge is 0.141 e. The molecule has 180 valence electrons. The monoisotopic (exact) mass is 478 g/mol. The van der Waals surface area contributed by atoms with Crippen molar-refractivity contribution in [3.05, 3.63) is 72.4 Å². The molecule has 2 aromatic carbocycles. The molecule has 0 aliphatic carbocycles. The molecule has 0 radical (unpaired) electrons. The molecule has 36 heavy (non-hydrogen) atoms. The summed E-state index contributed by atoms with van der Waals surface area (Å²) >= 11 is 0. The molecule has 1 fully saturated rings. The Morgan fingerprint density at radius 2 is 2.03 bits per heavy atom. The lowest BCUT2D eigenvalue weighted by atomic mass is 9.95. The molecule has 6 rings (SSSR count). The van der Waals surface area contributed by atoms with E-state index >= 15 is 0 Å². The van der Waals surface area contributed by atoms with Gasteiger partial charge in [0.2, 0.25) is 0 Å². The topological polar surface area (TPSA) is 71.5 Å². The van der Waals surface area contributed by atoms with E-state index in [9.17, 15) is 9.65 Å². The average Bonchev–Trinajstić information content (AvgIpc) is 3.63. The summed E-state index contributed by atoms with van der Waals surface area (Å²) in [5.74, 6) is 0.0547. The van der Waals surface area contributed by atoms with E-state index in [-0.39, 0.29) is 11.6 Å². The Hall–Kier alpha value is -4.02. The van der Waals surface area contributed by atoms with Gasteiger partial charge in [-0.05, 0) is 75.2 Å². The first kappa shape index (κ1) is 22.4. The second kappa shape index (κ2) is 8.89. The number of rotatable bonds is 5. The highest BCUT2D eigenvalue weighted by atomic mass is 19.1. The zero-order valence-electron chi connectivity index (χ0n) is 20.4. The number of nitrogens with one attached hydrogen (secondary N) is 1. The number of fused-ring (bicyclic) bond motifs is 2. The van der Waals surface area contributed by atoms with Crippen LogP contribution >= 0.6 is 0 Å². The maximum atomic E-state index is 14.8. The summed E-state index contributed by atoms with van der Waals surface area (Å²) in [5, 5.41) is 19.4. The number of nitriles is 1. The predicted octanol–water partition coefficient (Wildman–Crippen LogP) is 5.92. The van der Waals surface area contributed by atoms with E-state index in [1.54, 1.807) is 6.07 Å². The van der Waals surface area contributed by atoms with Crippen molar-refractivity contribution in [1.29, 1.82) is 5.26 Å². The number of halogens is 1. The highest BCUT2D eigenvalue weighted by molar-refractivity contribution is 6.02. The van der Waals surface area contributed by atoms with Crippen molar-refractivity contribution in [3.63, 3.8) is 0 Å². The molecule has 0 unspecified atom stereocenters. The lowest BCUT2D eigenvalue weighted by Crippen LogP contribution is -2.14. The van der Waals surface area contributed by atoms with Gasteiger partial charge in [-0.3, -0.25) is 9.67 Å². The van der Waals surface area contributed by atoms with Crippen LogP contribution in [0.15, 0.2) is 61.1 Å². The Labute approximate surface area is 209 Å². The highest BCUT2D eigenvalue weighted by Crippen LogP contribution is 2.38. The number of benzene rings is 2. The minimum atomic E-state index is -0.525. The average molecular weight is 479 g/mol. The molecule has 0 amide bonds. The normalized spacial score (nSPS) is 15.8. The Morgan fingerprint density at radius 3 is 2.78 bits per heavy atom. The molecule has 1 atom stereocenters. The number of aromatic nitrogens is 4. The predicted molar refractivity (Wildman–Crippen MR) is 140 cm³/mol. The fourth-order valence-electron chi connectivity index (χ4n) is 5.19. The van der Waals surface area contributed by atoms with Gasteiger partial charge >= 0.3 is 0 Å². The molecule has 3 aromatic heterocycles. The van der Waals surface area contributed by atoms with Crippen molar-refractivity contribution in [2.45, 2.75) is 32.9 Å². The Kier molecular flexibility index (Phi) is 5.54. The lowest BCUT2D eigenvalue weighted by Gasteiger charge is -2.14. The third-order valence-electron chi connectivity index (χ3n) is 7.15. The number of hydrogen-bond acceptors (Lipinski definition) is 4. The van der Waals surface area contributed by atoms with Gasteiger partial charge in [-0.2, -0.15) is 10.4 Å². The first-order valence-electron chi connectivity index (χ1n) is 12.4. The maximum Gasteiger partial charge on any atom is 0.141 e. The van der Waals surface area contributed by atoms with Crippen LogP contribution in [0.2, 0.25) is 0 Å². The molecule has 0 bridgehead atoms. The highest BCUT2D eigenvalue weighted by Gasteiger charge is 2.20. The summed E-state index contributed by atoms with van der Waals surface area (Å²) in [5.41, 5.74) is 5.29. The van der Waals surface area contributed by atoms with Crippen LogP contribution in [0.25, 0.3) is 44.2 Å². The molecule has 1 N–H and O–H groups in total. The van der Waals surface area contributed by atoms with Crippen LogP contribution in [0.1, 0.15) is 31.9 Å². The molecular weight excluding hydrogens is 451 g/mol. The second-order valence-electron chi connectivity index (χ2n) is 9.89. The van der Waals surface area contributed by atoms with Crippen LogP contribution in [0.5, 0.6) is 0 Å². The molecule has 0 spiro atoms. The third kappa shape index (κ3) is 3.84. The van der Waals surface area contributed by atoms with E-state index in [1.807, 2.05) is 35.1 Å². The van der Waals surface area contributed by atoms with E-state index in [4.69, 9.17) is 4.98 Å². The molecule has 1 aliphatic rings. The summed E-state index contributed by atoms with van der Waals surface area (Å²) in [6, 6.07) is 15.2. The Balaban J connectivity index is 1.54. The molecule has 1 aliphatic heterocycles. The van der Waals surface area contributed by atoms with Gasteiger partial charge in [0.15, 0.2) is 0 Å². The molecular formula is C29H27FN6. The second-order valence-corrected chi connectivity index (χ2v) is 9.89. The zero-order valence-corrected chi connectivity index (χ0v) is 20.4.